The first-order valence-corrected chi connectivity index (χ1v) is 8.35. The lowest BCUT2D eigenvalue weighted by molar-refractivity contribution is 0.0952. The van der Waals surface area contributed by atoms with E-state index in [9.17, 15) is 4.79 Å². The van der Waals surface area contributed by atoms with Crippen molar-refractivity contribution in [1.82, 2.24) is 5.32 Å². The summed E-state index contributed by atoms with van der Waals surface area (Å²) < 4.78 is 5.01. The van der Waals surface area contributed by atoms with Crippen LogP contribution < -0.4 is 5.32 Å². The fourth-order valence-electron chi connectivity index (χ4n) is 1.51. The van der Waals surface area contributed by atoms with Crippen molar-refractivity contribution in [2.75, 3.05) is 26.5 Å². The summed E-state index contributed by atoms with van der Waals surface area (Å²) in [6.45, 7) is 1.20. The summed E-state index contributed by atoms with van der Waals surface area (Å²) in [5.74, 6) is -0.141. The van der Waals surface area contributed by atoms with E-state index in [1.807, 2.05) is 18.4 Å². The van der Waals surface area contributed by atoms with Crippen molar-refractivity contribution in [2.45, 2.75) is 16.1 Å². The second-order valence-corrected chi connectivity index (χ2v) is 6.52. The van der Waals surface area contributed by atoms with Crippen LogP contribution in [-0.4, -0.2) is 37.3 Å². The Morgan fingerprint density at radius 2 is 2.32 bits per heavy atom. The van der Waals surface area contributed by atoms with E-state index in [0.717, 1.165) is 11.3 Å². The smallest absolute Gasteiger partial charge is 0.252 e. The molecule has 1 N–H and O–H groups in total. The molecule has 1 amide bonds. The molecule has 0 aromatic heterocycles. The summed E-state index contributed by atoms with van der Waals surface area (Å²) in [6.07, 6.45) is 2.77. The molecule has 1 aromatic rings. The Balaban J connectivity index is 2.53. The number of amides is 1. The molecule has 1 rings (SSSR count). The van der Waals surface area contributed by atoms with Crippen molar-refractivity contribution in [3.05, 3.63) is 28.8 Å². The summed E-state index contributed by atoms with van der Waals surface area (Å²) in [4.78, 5) is 13.3. The number of hydrogen-bond acceptors (Lipinski definition) is 3. The molecule has 1 unspecified atom stereocenters. The summed E-state index contributed by atoms with van der Waals surface area (Å²) >= 11 is 11.1. The monoisotopic (exact) mass is 365 g/mol. The normalized spacial score (nSPS) is 12.2. The number of rotatable bonds is 7. The number of hydrogen-bond donors (Lipinski definition) is 1. The Morgan fingerprint density at radius 1 is 1.58 bits per heavy atom. The van der Waals surface area contributed by atoms with Gasteiger partial charge in [0, 0.05) is 23.4 Å². The van der Waals surface area contributed by atoms with Gasteiger partial charge in [0.05, 0.1) is 17.2 Å². The maximum Gasteiger partial charge on any atom is 0.252 e. The summed E-state index contributed by atoms with van der Waals surface area (Å²) in [5.41, 5.74) is 0.520. The molecule has 1 atom stereocenters. The number of ether oxygens (including phenoxy) is 1. The van der Waals surface area contributed by atoms with Crippen LogP contribution in [0.4, 0.5) is 0 Å². The first-order chi connectivity index (χ1) is 9.08. The van der Waals surface area contributed by atoms with Gasteiger partial charge in [-0.3, -0.25) is 4.79 Å². The number of benzene rings is 1. The summed E-state index contributed by atoms with van der Waals surface area (Å²) in [6, 6.07) is 5.46. The quantitative estimate of drug-likeness (QED) is 0.592. The number of carbonyl (C=O) groups excluding carboxylic acids is 1. The van der Waals surface area contributed by atoms with Crippen molar-refractivity contribution in [2.24, 2.45) is 0 Å². The second-order valence-electron chi connectivity index (χ2n) is 3.94. The minimum Gasteiger partial charge on any atom is -0.384 e. The van der Waals surface area contributed by atoms with Gasteiger partial charge in [-0.1, -0.05) is 27.5 Å². The molecule has 0 saturated heterocycles. The Hall–Kier alpha value is -0.230. The number of alkyl halides is 1. The van der Waals surface area contributed by atoms with E-state index in [-0.39, 0.29) is 10.7 Å². The molecule has 0 fully saturated rings. The average molecular weight is 367 g/mol. The molecule has 0 saturated carbocycles. The van der Waals surface area contributed by atoms with Crippen LogP contribution in [0.1, 0.15) is 16.8 Å². The van der Waals surface area contributed by atoms with E-state index in [1.165, 1.54) is 0 Å². The van der Waals surface area contributed by atoms with Crippen LogP contribution in [-0.2, 0) is 4.74 Å². The van der Waals surface area contributed by atoms with Crippen molar-refractivity contribution in [3.63, 3.8) is 0 Å². The number of methoxy groups -OCH3 is 1. The van der Waals surface area contributed by atoms with Crippen LogP contribution >= 0.6 is 39.3 Å². The van der Waals surface area contributed by atoms with Crippen LogP contribution in [0.2, 0.25) is 5.02 Å². The maximum atomic E-state index is 12.0. The van der Waals surface area contributed by atoms with Gasteiger partial charge in [-0.05, 0) is 30.9 Å². The average Bonchev–Trinajstić information content (AvgIpc) is 2.39. The molecule has 0 spiro atoms. The lowest BCUT2D eigenvalue weighted by Crippen LogP contribution is -2.27. The zero-order valence-corrected chi connectivity index (χ0v) is 14.1. The van der Waals surface area contributed by atoms with Gasteiger partial charge in [-0.15, -0.1) is 11.8 Å². The fourth-order valence-corrected chi connectivity index (χ4v) is 2.64. The molecule has 0 aliphatic rings. The Morgan fingerprint density at radius 3 is 2.95 bits per heavy atom. The largest absolute Gasteiger partial charge is 0.384 e. The minimum atomic E-state index is -0.141. The van der Waals surface area contributed by atoms with Gasteiger partial charge in [0.15, 0.2) is 0 Å². The highest BCUT2D eigenvalue weighted by atomic mass is 79.9. The maximum absolute atomic E-state index is 12.0. The van der Waals surface area contributed by atoms with Crippen molar-refractivity contribution >= 4 is 45.2 Å². The highest BCUT2D eigenvalue weighted by Gasteiger charge is 2.11. The molecular weight excluding hydrogens is 350 g/mol. The number of halogens is 2. The van der Waals surface area contributed by atoms with E-state index in [4.69, 9.17) is 16.3 Å². The lowest BCUT2D eigenvalue weighted by Gasteiger charge is -2.10. The van der Waals surface area contributed by atoms with E-state index in [0.29, 0.717) is 23.7 Å². The van der Waals surface area contributed by atoms with Crippen molar-refractivity contribution in [1.29, 1.82) is 0 Å². The number of carbonyl (C=O) groups is 1. The number of nitrogens with one attached hydrogen (secondary N) is 1. The third-order valence-corrected chi connectivity index (χ3v) is 4.29. The topological polar surface area (TPSA) is 38.3 Å². The van der Waals surface area contributed by atoms with Crippen molar-refractivity contribution in [3.8, 4) is 0 Å². The van der Waals surface area contributed by atoms with E-state index in [1.54, 1.807) is 24.9 Å². The van der Waals surface area contributed by atoms with Gasteiger partial charge in [-0.2, -0.15) is 0 Å². The molecule has 6 heteroatoms. The lowest BCUT2D eigenvalue weighted by atomic mass is 10.2. The molecule has 19 heavy (non-hydrogen) atoms. The van der Waals surface area contributed by atoms with Gasteiger partial charge in [0.1, 0.15) is 0 Å². The van der Waals surface area contributed by atoms with Gasteiger partial charge >= 0.3 is 0 Å². The molecule has 0 radical (unpaired) electrons. The molecule has 1 aromatic carbocycles. The second kappa shape index (κ2) is 8.84. The highest BCUT2D eigenvalue weighted by molar-refractivity contribution is 9.09. The molecule has 106 valence electrons. The van der Waals surface area contributed by atoms with Crippen molar-refractivity contribution < 1.29 is 9.53 Å². The SMILES string of the molecule is COCC(Br)CCNC(=O)c1cc(SC)ccc1Cl. The molecule has 0 aliphatic carbocycles. The van der Waals surface area contributed by atoms with E-state index in [2.05, 4.69) is 21.2 Å². The first-order valence-electron chi connectivity index (χ1n) is 5.83. The Labute approximate surface area is 131 Å². The van der Waals surface area contributed by atoms with Crippen LogP contribution in [0.5, 0.6) is 0 Å². The van der Waals surface area contributed by atoms with Crippen LogP contribution in [0, 0.1) is 0 Å². The zero-order chi connectivity index (χ0) is 14.3. The summed E-state index contributed by atoms with van der Waals surface area (Å²) in [5, 5.41) is 3.34. The predicted octanol–water partition coefficient (Wildman–Crippen LogP) is 3.59. The standard InChI is InChI=1S/C13H17BrClNO2S/c1-18-8-9(14)5-6-16-13(17)11-7-10(19-2)3-4-12(11)15/h3-4,7,9H,5-6,8H2,1-2H3,(H,16,17). The minimum absolute atomic E-state index is 0.141. The summed E-state index contributed by atoms with van der Waals surface area (Å²) in [7, 11) is 1.65. The third-order valence-electron chi connectivity index (χ3n) is 2.51. The fraction of sp³-hybridized carbons (Fsp3) is 0.462. The van der Waals surface area contributed by atoms with Crippen LogP contribution in [0.15, 0.2) is 23.1 Å². The van der Waals surface area contributed by atoms with E-state index >= 15 is 0 Å². The van der Waals surface area contributed by atoms with E-state index < -0.39 is 0 Å². The van der Waals surface area contributed by atoms with Gasteiger partial charge in [0.2, 0.25) is 0 Å². The predicted molar refractivity (Wildman–Crippen MR) is 84.8 cm³/mol. The molecule has 0 aliphatic heterocycles. The van der Waals surface area contributed by atoms with Gasteiger partial charge < -0.3 is 10.1 Å². The Bertz CT molecular complexity index is 431. The first kappa shape index (κ1) is 16.8. The highest BCUT2D eigenvalue weighted by Crippen LogP contribution is 2.22. The molecule has 0 heterocycles. The molecular formula is C13H17BrClNO2S. The van der Waals surface area contributed by atoms with Crippen LogP contribution in [0.25, 0.3) is 0 Å². The number of thioether (sulfide) groups is 1. The third kappa shape index (κ3) is 5.73. The van der Waals surface area contributed by atoms with Gasteiger partial charge in [-0.25, -0.2) is 0 Å². The molecule has 0 bridgehead atoms. The molecule has 3 nitrogen and oxygen atoms in total. The zero-order valence-electron chi connectivity index (χ0n) is 10.9. The Kier molecular flexibility index (Phi) is 7.83. The van der Waals surface area contributed by atoms with Crippen LogP contribution in [0.3, 0.4) is 0 Å². The van der Waals surface area contributed by atoms with Gasteiger partial charge in [0.25, 0.3) is 5.91 Å².